The van der Waals surface area contributed by atoms with Gasteiger partial charge in [0, 0.05) is 12.4 Å². The number of hydrogen-bond donors (Lipinski definition) is 0. The van der Waals surface area contributed by atoms with Crippen molar-refractivity contribution in [3.8, 4) is 0 Å². The minimum Gasteiger partial charge on any atom is -0.249 e. The second-order valence-electron chi connectivity index (χ2n) is 1.80. The summed E-state index contributed by atoms with van der Waals surface area (Å²) < 4.78 is 0. The highest BCUT2D eigenvalue weighted by molar-refractivity contribution is 4.87. The lowest BCUT2D eigenvalue weighted by atomic mass is 10.5. The van der Waals surface area contributed by atoms with Crippen LogP contribution in [-0.2, 0) is 0 Å². The summed E-state index contributed by atoms with van der Waals surface area (Å²) in [6.45, 7) is 1.94. The Morgan fingerprint density at radius 1 is 1.00 bits per heavy atom. The summed E-state index contributed by atoms with van der Waals surface area (Å²) in [5.74, 6) is 0. The first-order valence-corrected chi connectivity index (χ1v) is 2.58. The van der Waals surface area contributed by atoms with Gasteiger partial charge < -0.3 is 0 Å². The van der Waals surface area contributed by atoms with Crippen molar-refractivity contribution >= 4 is 0 Å². The average Bonchev–Trinajstić information content (AvgIpc) is 1.92. The summed E-state index contributed by atoms with van der Waals surface area (Å²) in [6, 6.07) is 0. The van der Waals surface area contributed by atoms with Gasteiger partial charge in [-0.15, -0.1) is 0 Å². The van der Waals surface area contributed by atoms with Crippen LogP contribution in [0, 0.1) is 0 Å². The molecular weight excluding hydrogens is 104 g/mol. The van der Waals surface area contributed by atoms with Gasteiger partial charge in [0.05, 0.1) is 13.1 Å². The van der Waals surface area contributed by atoms with E-state index in [1.165, 1.54) is 0 Å². The van der Waals surface area contributed by atoms with Crippen LogP contribution in [0.15, 0.2) is 22.8 Å². The topological polar surface area (TPSA) is 31.2 Å². The van der Waals surface area contributed by atoms with Crippen molar-refractivity contribution in [2.45, 2.75) is 0 Å². The lowest BCUT2D eigenvalue weighted by Gasteiger charge is -2.27. The maximum Gasteiger partial charge on any atom is 0.0624 e. The minimum atomic E-state index is 0.972. The molecule has 3 aliphatic rings. The zero-order valence-electron chi connectivity index (χ0n) is 4.36. The standard InChI is InChI=1S/C4H6N4/c1-2-8-4-3-7(1)5-6-8/h1-2H,3-4H2. The second-order valence-corrected chi connectivity index (χ2v) is 1.80. The van der Waals surface area contributed by atoms with E-state index in [0.29, 0.717) is 0 Å². The molecule has 3 heterocycles. The first kappa shape index (κ1) is 3.88. The van der Waals surface area contributed by atoms with Crippen molar-refractivity contribution in [2.75, 3.05) is 13.1 Å². The van der Waals surface area contributed by atoms with Crippen LogP contribution >= 0.6 is 0 Å². The van der Waals surface area contributed by atoms with Crippen LogP contribution in [0.5, 0.6) is 0 Å². The molecule has 4 heteroatoms. The van der Waals surface area contributed by atoms with Crippen LogP contribution in [0.1, 0.15) is 0 Å². The average molecular weight is 110 g/mol. The van der Waals surface area contributed by atoms with Crippen molar-refractivity contribution in [1.29, 1.82) is 0 Å². The van der Waals surface area contributed by atoms with Gasteiger partial charge in [-0.05, 0) is 10.4 Å². The molecule has 0 aromatic rings. The van der Waals surface area contributed by atoms with Crippen LogP contribution in [0.25, 0.3) is 0 Å². The summed E-state index contributed by atoms with van der Waals surface area (Å²) in [4.78, 5) is 0. The van der Waals surface area contributed by atoms with E-state index in [1.54, 1.807) is 0 Å². The van der Waals surface area contributed by atoms with Gasteiger partial charge in [-0.2, -0.15) is 0 Å². The predicted octanol–water partition coefficient (Wildman–Crippen LogP) is 0.371. The van der Waals surface area contributed by atoms with E-state index < -0.39 is 0 Å². The molecule has 0 amide bonds. The molecule has 0 aromatic carbocycles. The first-order chi connectivity index (χ1) is 3.95. The Labute approximate surface area is 47.0 Å². The van der Waals surface area contributed by atoms with Gasteiger partial charge in [0.25, 0.3) is 0 Å². The maximum atomic E-state index is 3.80. The molecule has 0 aromatic heterocycles. The van der Waals surface area contributed by atoms with Gasteiger partial charge >= 0.3 is 0 Å². The molecule has 0 N–H and O–H groups in total. The molecule has 0 unspecified atom stereocenters. The normalized spacial score (nSPS) is 23.0. The van der Waals surface area contributed by atoms with Crippen LogP contribution in [0.2, 0.25) is 0 Å². The summed E-state index contributed by atoms with van der Waals surface area (Å²) in [5.41, 5.74) is 0. The third-order valence-corrected chi connectivity index (χ3v) is 1.24. The number of fused-ring (bicyclic) bond motifs is 1. The summed E-state index contributed by atoms with van der Waals surface area (Å²) >= 11 is 0. The Bertz CT molecular complexity index is 120. The van der Waals surface area contributed by atoms with E-state index in [4.69, 9.17) is 0 Å². The van der Waals surface area contributed by atoms with E-state index in [9.17, 15) is 0 Å². The quantitative estimate of drug-likeness (QED) is 0.451. The highest BCUT2D eigenvalue weighted by Crippen LogP contribution is 2.10. The Hall–Kier alpha value is -1.06. The highest BCUT2D eigenvalue weighted by Gasteiger charge is 2.12. The largest absolute Gasteiger partial charge is 0.249 e. The van der Waals surface area contributed by atoms with Crippen LogP contribution < -0.4 is 0 Å². The molecule has 0 atom stereocenters. The third kappa shape index (κ3) is 0.395. The van der Waals surface area contributed by atoms with Gasteiger partial charge in [0.15, 0.2) is 0 Å². The number of hydrogen-bond acceptors (Lipinski definition) is 4. The van der Waals surface area contributed by atoms with E-state index >= 15 is 0 Å². The van der Waals surface area contributed by atoms with Crippen molar-refractivity contribution in [2.24, 2.45) is 10.4 Å². The highest BCUT2D eigenvalue weighted by atomic mass is 15.7. The molecular formula is C4H6N4. The molecule has 3 aliphatic heterocycles. The van der Waals surface area contributed by atoms with Crippen molar-refractivity contribution in [3.63, 3.8) is 0 Å². The zero-order chi connectivity index (χ0) is 5.40. The van der Waals surface area contributed by atoms with Crippen LogP contribution in [0.4, 0.5) is 0 Å². The summed E-state index contributed by atoms with van der Waals surface area (Å²) in [5, 5.41) is 11.2. The van der Waals surface area contributed by atoms with Crippen molar-refractivity contribution < 1.29 is 0 Å². The van der Waals surface area contributed by atoms with Crippen molar-refractivity contribution in [1.82, 2.24) is 10.0 Å². The SMILES string of the molecule is C1=CN2CCN1N=N2. The smallest absolute Gasteiger partial charge is 0.0624 e. The molecule has 0 saturated heterocycles. The third-order valence-electron chi connectivity index (χ3n) is 1.24. The molecule has 0 fully saturated rings. The second kappa shape index (κ2) is 1.21. The van der Waals surface area contributed by atoms with E-state index in [2.05, 4.69) is 10.4 Å². The molecule has 3 rings (SSSR count). The predicted molar refractivity (Wildman–Crippen MR) is 27.4 cm³/mol. The monoisotopic (exact) mass is 110 g/mol. The zero-order valence-corrected chi connectivity index (χ0v) is 4.36. The molecule has 0 spiro atoms. The Kier molecular flexibility index (Phi) is 0.588. The molecule has 0 aliphatic carbocycles. The Morgan fingerprint density at radius 2 is 1.50 bits per heavy atom. The van der Waals surface area contributed by atoms with E-state index in [1.807, 2.05) is 22.4 Å². The van der Waals surface area contributed by atoms with Gasteiger partial charge in [-0.3, -0.25) is 0 Å². The lowest BCUT2D eigenvalue weighted by Crippen LogP contribution is -2.33. The fourth-order valence-electron chi connectivity index (χ4n) is 0.760. The fourth-order valence-corrected chi connectivity index (χ4v) is 0.760. The molecule has 8 heavy (non-hydrogen) atoms. The fraction of sp³-hybridized carbons (Fsp3) is 0.500. The van der Waals surface area contributed by atoms with E-state index in [-0.39, 0.29) is 0 Å². The minimum absolute atomic E-state index is 0.972. The van der Waals surface area contributed by atoms with Gasteiger partial charge in [-0.1, -0.05) is 0 Å². The summed E-state index contributed by atoms with van der Waals surface area (Å²) in [6.07, 6.45) is 3.83. The maximum absolute atomic E-state index is 3.80. The molecule has 0 radical (unpaired) electrons. The molecule has 42 valence electrons. The van der Waals surface area contributed by atoms with Gasteiger partial charge in [-0.25, -0.2) is 10.0 Å². The Balaban J connectivity index is 2.31. The number of nitrogens with zero attached hydrogens (tertiary/aromatic N) is 4. The summed E-state index contributed by atoms with van der Waals surface area (Å²) in [7, 11) is 0. The Morgan fingerprint density at radius 3 is 1.62 bits per heavy atom. The van der Waals surface area contributed by atoms with Crippen LogP contribution in [-0.4, -0.2) is 23.1 Å². The van der Waals surface area contributed by atoms with Crippen molar-refractivity contribution in [3.05, 3.63) is 12.4 Å². The van der Waals surface area contributed by atoms with E-state index in [0.717, 1.165) is 13.1 Å². The molecule has 0 saturated carbocycles. The lowest BCUT2D eigenvalue weighted by molar-refractivity contribution is 0.178. The van der Waals surface area contributed by atoms with Crippen LogP contribution in [0.3, 0.4) is 0 Å². The van der Waals surface area contributed by atoms with Gasteiger partial charge in [0.2, 0.25) is 0 Å². The first-order valence-electron chi connectivity index (χ1n) is 2.58. The van der Waals surface area contributed by atoms with Gasteiger partial charge in [0.1, 0.15) is 0 Å². The molecule has 2 bridgehead atoms. The molecule has 4 nitrogen and oxygen atoms in total. The number of rotatable bonds is 0.